The van der Waals surface area contributed by atoms with Crippen LogP contribution in [-0.4, -0.2) is 35.7 Å². The number of aromatic hydroxyl groups is 7. The van der Waals surface area contributed by atoms with Gasteiger partial charge in [0.2, 0.25) is 0 Å². The van der Waals surface area contributed by atoms with E-state index in [4.69, 9.17) is 8.83 Å². The number of hydrogen-bond donors (Lipinski definition) is 7. The summed E-state index contributed by atoms with van der Waals surface area (Å²) >= 11 is 0. The first-order valence-electron chi connectivity index (χ1n) is 11.9. The molecule has 204 valence electrons. The molecule has 2 heterocycles. The number of phenols is 7. The molecule has 0 spiro atoms. The number of fused-ring (bicyclic) bond motifs is 2. The summed E-state index contributed by atoms with van der Waals surface area (Å²) in [6.07, 6.45) is 0. The molecule has 0 bridgehead atoms. The fraction of sp³-hybridized carbons (Fsp3) is 0. The molecule has 7 N–H and O–H groups in total. The van der Waals surface area contributed by atoms with E-state index in [1.54, 1.807) is 0 Å². The second-order valence-electron chi connectivity index (χ2n) is 9.15. The molecule has 0 unspecified atom stereocenters. The summed E-state index contributed by atoms with van der Waals surface area (Å²) in [5.41, 5.74) is -2.31. The highest BCUT2D eigenvalue weighted by Crippen LogP contribution is 2.51. The average molecular weight is 554 g/mol. The maximum absolute atomic E-state index is 13.2. The zero-order valence-electron chi connectivity index (χ0n) is 20.6. The van der Waals surface area contributed by atoms with Crippen molar-refractivity contribution in [1.29, 1.82) is 0 Å². The van der Waals surface area contributed by atoms with Crippen molar-refractivity contribution in [3.63, 3.8) is 0 Å². The molecule has 0 fully saturated rings. The fourth-order valence-electron chi connectivity index (χ4n) is 4.72. The van der Waals surface area contributed by atoms with Crippen LogP contribution < -0.4 is 10.9 Å². The Labute approximate surface area is 227 Å². The fourth-order valence-corrected chi connectivity index (χ4v) is 4.72. The van der Waals surface area contributed by atoms with Crippen LogP contribution in [0.25, 0.3) is 55.7 Å². The minimum absolute atomic E-state index is 0.00594. The van der Waals surface area contributed by atoms with Crippen LogP contribution in [0.3, 0.4) is 0 Å². The summed E-state index contributed by atoms with van der Waals surface area (Å²) < 4.78 is 11.5. The molecular weight excluding hydrogens is 536 g/mol. The van der Waals surface area contributed by atoms with E-state index in [0.29, 0.717) is 0 Å². The second kappa shape index (κ2) is 8.99. The highest BCUT2D eigenvalue weighted by molar-refractivity contribution is 6.01. The first-order chi connectivity index (χ1) is 19.5. The van der Waals surface area contributed by atoms with E-state index < -0.39 is 50.9 Å². The quantitative estimate of drug-likeness (QED) is 0.148. The Bertz CT molecular complexity index is 2170. The van der Waals surface area contributed by atoms with Crippen LogP contribution in [0.2, 0.25) is 0 Å². The zero-order chi connectivity index (χ0) is 29.2. The van der Waals surface area contributed by atoms with Gasteiger partial charge in [-0.1, -0.05) is 6.07 Å². The Morgan fingerprint density at radius 3 is 1.93 bits per heavy atom. The molecule has 0 aliphatic carbocycles. The molecule has 0 aliphatic heterocycles. The Morgan fingerprint density at radius 1 is 0.488 bits per heavy atom. The van der Waals surface area contributed by atoms with Gasteiger partial charge in [0, 0.05) is 34.9 Å². The minimum Gasteiger partial charge on any atom is -0.507 e. The number of benzene rings is 4. The van der Waals surface area contributed by atoms with E-state index >= 15 is 0 Å². The third-order valence-electron chi connectivity index (χ3n) is 6.64. The number of hydrogen-bond acceptors (Lipinski definition) is 11. The molecule has 6 rings (SSSR count). The van der Waals surface area contributed by atoms with E-state index in [-0.39, 0.29) is 55.9 Å². The van der Waals surface area contributed by atoms with Crippen molar-refractivity contribution in [2.24, 2.45) is 0 Å². The largest absolute Gasteiger partial charge is 0.507 e. The lowest BCUT2D eigenvalue weighted by Gasteiger charge is -2.16. The minimum atomic E-state index is -0.809. The summed E-state index contributed by atoms with van der Waals surface area (Å²) in [6, 6.07) is 13.3. The lowest BCUT2D eigenvalue weighted by atomic mass is 9.93. The molecule has 2 aromatic heterocycles. The molecular formula is C30H18O11. The van der Waals surface area contributed by atoms with Crippen molar-refractivity contribution in [1.82, 2.24) is 0 Å². The Balaban J connectivity index is 1.62. The van der Waals surface area contributed by atoms with Crippen LogP contribution >= 0.6 is 0 Å². The molecule has 6 aromatic rings. The standard InChI is InChI=1S/C30H18O11/c31-14-6-4-12(8-17(14)34)22-9-19(36)27-24(41-22)11-20(37)28(30(27)39)25-13(5-7-16(33)29(25)38)23-10-18(35)26-15(32)2-1-3-21(26)40-23/h1-11,31-34,37-39H. The van der Waals surface area contributed by atoms with Crippen LogP contribution in [-0.2, 0) is 0 Å². The maximum Gasteiger partial charge on any atom is 0.197 e. The Morgan fingerprint density at radius 2 is 1.17 bits per heavy atom. The monoisotopic (exact) mass is 554 g/mol. The highest BCUT2D eigenvalue weighted by atomic mass is 16.3. The van der Waals surface area contributed by atoms with Gasteiger partial charge in [-0.15, -0.1) is 0 Å². The smallest absolute Gasteiger partial charge is 0.197 e. The van der Waals surface area contributed by atoms with Gasteiger partial charge in [-0.3, -0.25) is 9.59 Å². The molecule has 0 radical (unpaired) electrons. The van der Waals surface area contributed by atoms with E-state index in [0.717, 1.165) is 30.3 Å². The van der Waals surface area contributed by atoms with Gasteiger partial charge >= 0.3 is 0 Å². The first-order valence-corrected chi connectivity index (χ1v) is 11.9. The van der Waals surface area contributed by atoms with E-state index in [1.807, 2.05) is 0 Å². The molecule has 11 heteroatoms. The first kappa shape index (κ1) is 25.2. The van der Waals surface area contributed by atoms with Crippen LogP contribution in [0.5, 0.6) is 40.2 Å². The van der Waals surface area contributed by atoms with Crippen molar-refractivity contribution in [3.8, 4) is 74.0 Å². The normalized spacial score (nSPS) is 11.3. The van der Waals surface area contributed by atoms with Gasteiger partial charge in [0.1, 0.15) is 50.7 Å². The topological polar surface area (TPSA) is 202 Å². The summed E-state index contributed by atoms with van der Waals surface area (Å²) in [5, 5.41) is 72.4. The predicted molar refractivity (Wildman–Crippen MR) is 146 cm³/mol. The van der Waals surface area contributed by atoms with Gasteiger partial charge in [0.25, 0.3) is 0 Å². The predicted octanol–water partition coefficient (Wildman–Crippen LogP) is 4.84. The van der Waals surface area contributed by atoms with Gasteiger partial charge in [-0.2, -0.15) is 0 Å². The molecule has 0 atom stereocenters. The van der Waals surface area contributed by atoms with Gasteiger partial charge < -0.3 is 44.6 Å². The van der Waals surface area contributed by atoms with Crippen molar-refractivity contribution >= 4 is 21.9 Å². The lowest BCUT2D eigenvalue weighted by Crippen LogP contribution is -2.03. The average Bonchev–Trinajstić information content (AvgIpc) is 2.92. The zero-order valence-corrected chi connectivity index (χ0v) is 20.6. The van der Waals surface area contributed by atoms with Crippen molar-refractivity contribution < 1.29 is 44.6 Å². The summed E-state index contributed by atoms with van der Waals surface area (Å²) in [7, 11) is 0. The van der Waals surface area contributed by atoms with Crippen molar-refractivity contribution in [2.75, 3.05) is 0 Å². The third kappa shape index (κ3) is 3.91. The van der Waals surface area contributed by atoms with Gasteiger partial charge in [-0.05, 0) is 42.5 Å². The lowest BCUT2D eigenvalue weighted by molar-refractivity contribution is 0.403. The van der Waals surface area contributed by atoms with Crippen LogP contribution in [0.1, 0.15) is 0 Å². The van der Waals surface area contributed by atoms with Crippen molar-refractivity contribution in [2.45, 2.75) is 0 Å². The molecule has 0 aliphatic rings. The van der Waals surface area contributed by atoms with Gasteiger partial charge in [0.15, 0.2) is 33.9 Å². The molecule has 41 heavy (non-hydrogen) atoms. The Kier molecular flexibility index (Phi) is 5.52. The molecule has 0 amide bonds. The van der Waals surface area contributed by atoms with Gasteiger partial charge in [-0.25, -0.2) is 0 Å². The van der Waals surface area contributed by atoms with E-state index in [1.165, 1.54) is 36.4 Å². The summed E-state index contributed by atoms with van der Waals surface area (Å²) in [6.45, 7) is 0. The van der Waals surface area contributed by atoms with Crippen LogP contribution in [0.15, 0.2) is 85.2 Å². The van der Waals surface area contributed by atoms with Crippen LogP contribution in [0.4, 0.5) is 0 Å². The summed E-state index contributed by atoms with van der Waals surface area (Å²) in [4.78, 5) is 26.0. The molecule has 0 saturated carbocycles. The van der Waals surface area contributed by atoms with E-state index in [9.17, 15) is 45.3 Å². The summed E-state index contributed by atoms with van der Waals surface area (Å²) in [5.74, 6) is -4.28. The number of rotatable bonds is 3. The van der Waals surface area contributed by atoms with Gasteiger partial charge in [0.05, 0.1) is 5.56 Å². The molecule has 11 nitrogen and oxygen atoms in total. The molecule has 4 aromatic carbocycles. The Hall–Kier alpha value is -6.10. The van der Waals surface area contributed by atoms with Crippen LogP contribution in [0, 0.1) is 0 Å². The highest BCUT2D eigenvalue weighted by Gasteiger charge is 2.27. The molecule has 0 saturated heterocycles. The van der Waals surface area contributed by atoms with E-state index in [2.05, 4.69) is 0 Å². The third-order valence-corrected chi connectivity index (χ3v) is 6.64. The maximum atomic E-state index is 13.2. The van der Waals surface area contributed by atoms with Crippen molar-refractivity contribution in [3.05, 3.63) is 87.2 Å². The number of phenolic OH excluding ortho intramolecular Hbond substituents is 7. The second-order valence-corrected chi connectivity index (χ2v) is 9.15. The SMILES string of the molecule is O=c1cc(-c2ccc(O)c(O)c2-c2c(O)cc3oc(-c4ccc(O)c(O)c4)cc(=O)c3c2O)oc2cccc(O)c12.